The third kappa shape index (κ3) is 8.71. The molecule has 0 bridgehead atoms. The van der Waals surface area contributed by atoms with E-state index in [0.29, 0.717) is 15.5 Å². The average Bonchev–Trinajstić information content (AvgIpc) is 2.02. The standard InChI is InChI=1S/C8H12Br2O2Si/c1-6(2)7(11)12-4-3-5-13-8(9)10/h8H,1,3-5H2,2H3. The van der Waals surface area contributed by atoms with Crippen LogP contribution in [0.5, 0.6) is 0 Å². The van der Waals surface area contributed by atoms with Crippen molar-refractivity contribution >= 4 is 47.3 Å². The molecule has 5 heteroatoms. The molecule has 0 fully saturated rings. The number of hydrogen-bond donors (Lipinski definition) is 0. The van der Waals surface area contributed by atoms with Crippen molar-refractivity contribution < 1.29 is 9.53 Å². The molecule has 0 saturated carbocycles. The molecule has 0 amide bonds. The van der Waals surface area contributed by atoms with Crippen LogP contribution in [-0.4, -0.2) is 25.5 Å². The Morgan fingerprint density at radius 1 is 1.62 bits per heavy atom. The van der Waals surface area contributed by atoms with Gasteiger partial charge in [-0.1, -0.05) is 44.5 Å². The molecule has 74 valence electrons. The number of carbonyl (C=O) groups excluding carboxylic acids is 1. The Morgan fingerprint density at radius 3 is 2.69 bits per heavy atom. The van der Waals surface area contributed by atoms with E-state index in [2.05, 4.69) is 38.4 Å². The van der Waals surface area contributed by atoms with E-state index in [1.165, 1.54) is 0 Å². The van der Waals surface area contributed by atoms with Gasteiger partial charge in [-0.2, -0.15) is 0 Å². The number of hydrogen-bond acceptors (Lipinski definition) is 2. The Balaban J connectivity index is 3.26. The first-order valence-electron chi connectivity index (χ1n) is 3.88. The van der Waals surface area contributed by atoms with Crippen LogP contribution in [-0.2, 0) is 9.53 Å². The molecule has 0 aliphatic carbocycles. The van der Waals surface area contributed by atoms with Crippen LogP contribution in [0.25, 0.3) is 0 Å². The zero-order valence-electron chi connectivity index (χ0n) is 7.48. The van der Waals surface area contributed by atoms with Crippen molar-refractivity contribution in [3.8, 4) is 0 Å². The minimum absolute atomic E-state index is 0.294. The van der Waals surface area contributed by atoms with E-state index in [0.717, 1.165) is 22.0 Å². The van der Waals surface area contributed by atoms with Gasteiger partial charge in [0.2, 0.25) is 0 Å². The normalized spacial score (nSPS) is 10.2. The number of rotatable bonds is 6. The minimum atomic E-state index is -0.294. The molecule has 0 spiro atoms. The molecule has 0 atom stereocenters. The summed E-state index contributed by atoms with van der Waals surface area (Å²) in [6.45, 7) is 5.64. The number of ether oxygens (including phenoxy) is 1. The SMILES string of the molecule is C=C(C)C(=O)OCCC[Si]C(Br)Br. The summed E-state index contributed by atoms with van der Waals surface area (Å²) in [7, 11) is 0.806. The van der Waals surface area contributed by atoms with Gasteiger partial charge in [0, 0.05) is 5.57 Å². The second-order valence-corrected chi connectivity index (χ2v) is 8.76. The predicted molar refractivity (Wildman–Crippen MR) is 62.6 cm³/mol. The highest BCUT2D eigenvalue weighted by Gasteiger charge is 2.03. The average molecular weight is 328 g/mol. The summed E-state index contributed by atoms with van der Waals surface area (Å²) in [5, 5.41) is 0. The van der Waals surface area contributed by atoms with Gasteiger partial charge in [0.15, 0.2) is 0 Å². The van der Waals surface area contributed by atoms with Crippen molar-refractivity contribution in [3.63, 3.8) is 0 Å². The number of alkyl halides is 2. The lowest BCUT2D eigenvalue weighted by atomic mass is 10.4. The van der Waals surface area contributed by atoms with Crippen molar-refractivity contribution in [3.05, 3.63) is 12.2 Å². The van der Waals surface area contributed by atoms with E-state index in [1.54, 1.807) is 6.92 Å². The summed E-state index contributed by atoms with van der Waals surface area (Å²) in [6.07, 6.45) is 0.908. The highest BCUT2D eigenvalue weighted by atomic mass is 79.9. The third-order valence-corrected chi connectivity index (χ3v) is 4.09. The van der Waals surface area contributed by atoms with Gasteiger partial charge in [-0.3, -0.25) is 0 Å². The van der Waals surface area contributed by atoms with Crippen LogP contribution in [0.1, 0.15) is 13.3 Å². The molecule has 13 heavy (non-hydrogen) atoms. The van der Waals surface area contributed by atoms with Crippen LogP contribution in [0, 0.1) is 0 Å². The van der Waals surface area contributed by atoms with Gasteiger partial charge in [0.1, 0.15) is 0 Å². The molecular weight excluding hydrogens is 316 g/mol. The summed E-state index contributed by atoms with van der Waals surface area (Å²) in [5.41, 5.74) is 0.460. The monoisotopic (exact) mass is 326 g/mol. The highest BCUT2D eigenvalue weighted by Crippen LogP contribution is 2.08. The van der Waals surface area contributed by atoms with Crippen molar-refractivity contribution in [1.29, 1.82) is 0 Å². The Bertz CT molecular complexity index is 183. The number of carbonyl (C=O) groups is 1. The Morgan fingerprint density at radius 2 is 2.23 bits per heavy atom. The van der Waals surface area contributed by atoms with Gasteiger partial charge >= 0.3 is 5.97 Å². The van der Waals surface area contributed by atoms with E-state index < -0.39 is 0 Å². The zero-order chi connectivity index (χ0) is 10.3. The lowest BCUT2D eigenvalue weighted by Crippen LogP contribution is -2.08. The first-order chi connectivity index (χ1) is 6.04. The van der Waals surface area contributed by atoms with E-state index in [4.69, 9.17) is 4.74 Å². The van der Waals surface area contributed by atoms with Crippen molar-refractivity contribution in [2.24, 2.45) is 0 Å². The molecule has 0 aliphatic rings. The van der Waals surface area contributed by atoms with Crippen LogP contribution < -0.4 is 0 Å². The summed E-state index contributed by atoms with van der Waals surface area (Å²) >= 11 is 6.77. The smallest absolute Gasteiger partial charge is 0.333 e. The van der Waals surface area contributed by atoms with Gasteiger partial charge in [0.05, 0.1) is 19.5 Å². The largest absolute Gasteiger partial charge is 0.462 e. The van der Waals surface area contributed by atoms with Gasteiger partial charge in [-0.05, 0) is 13.3 Å². The maximum absolute atomic E-state index is 10.9. The fourth-order valence-corrected chi connectivity index (χ4v) is 2.51. The summed E-state index contributed by atoms with van der Waals surface area (Å²) in [5.74, 6) is -0.294. The summed E-state index contributed by atoms with van der Waals surface area (Å²) < 4.78 is 5.31. The Labute approximate surface area is 98.2 Å². The lowest BCUT2D eigenvalue weighted by molar-refractivity contribution is -0.138. The molecule has 0 aromatic rings. The van der Waals surface area contributed by atoms with Gasteiger partial charge in [-0.25, -0.2) is 4.79 Å². The first-order valence-corrected chi connectivity index (χ1v) is 6.99. The van der Waals surface area contributed by atoms with Crippen LogP contribution in [0.4, 0.5) is 0 Å². The Kier molecular flexibility index (Phi) is 7.99. The van der Waals surface area contributed by atoms with Crippen molar-refractivity contribution in [2.75, 3.05) is 6.61 Å². The number of halogens is 2. The van der Waals surface area contributed by atoms with Gasteiger partial charge < -0.3 is 4.74 Å². The zero-order valence-corrected chi connectivity index (χ0v) is 11.7. The highest BCUT2D eigenvalue weighted by molar-refractivity contribution is 9.25. The molecule has 0 aromatic heterocycles. The maximum atomic E-state index is 10.9. The maximum Gasteiger partial charge on any atom is 0.333 e. The Hall–Kier alpha value is 0.387. The van der Waals surface area contributed by atoms with E-state index in [9.17, 15) is 4.79 Å². The second kappa shape index (κ2) is 7.76. The summed E-state index contributed by atoms with van der Waals surface area (Å²) in [6, 6.07) is 1.06. The molecule has 0 aliphatic heterocycles. The number of esters is 1. The van der Waals surface area contributed by atoms with Crippen molar-refractivity contribution in [2.45, 2.75) is 22.7 Å². The van der Waals surface area contributed by atoms with E-state index >= 15 is 0 Å². The van der Waals surface area contributed by atoms with Gasteiger partial charge in [0.25, 0.3) is 0 Å². The molecular formula is C8H12Br2O2Si. The van der Waals surface area contributed by atoms with Crippen LogP contribution in [0.3, 0.4) is 0 Å². The van der Waals surface area contributed by atoms with Crippen LogP contribution in [0.15, 0.2) is 12.2 Å². The van der Waals surface area contributed by atoms with Gasteiger partial charge in [-0.15, -0.1) is 0 Å². The van der Waals surface area contributed by atoms with Crippen LogP contribution >= 0.6 is 31.9 Å². The molecule has 0 unspecified atom stereocenters. The molecule has 0 N–H and O–H groups in total. The van der Waals surface area contributed by atoms with E-state index in [1.807, 2.05) is 0 Å². The molecule has 0 aromatic carbocycles. The predicted octanol–water partition coefficient (Wildman–Crippen LogP) is 2.69. The quantitative estimate of drug-likeness (QED) is 0.246. The van der Waals surface area contributed by atoms with Crippen LogP contribution in [0.2, 0.25) is 6.04 Å². The fourth-order valence-electron chi connectivity index (χ4n) is 0.571. The summed E-state index contributed by atoms with van der Waals surface area (Å²) in [4.78, 5) is 10.9. The lowest BCUT2D eigenvalue weighted by Gasteiger charge is -2.03. The fraction of sp³-hybridized carbons (Fsp3) is 0.625. The second-order valence-electron chi connectivity index (χ2n) is 2.52. The third-order valence-electron chi connectivity index (χ3n) is 1.20. The minimum Gasteiger partial charge on any atom is -0.462 e. The molecule has 2 nitrogen and oxygen atoms in total. The molecule has 0 rings (SSSR count). The molecule has 2 radical (unpaired) electrons. The molecule has 0 heterocycles. The van der Waals surface area contributed by atoms with E-state index in [-0.39, 0.29) is 5.97 Å². The van der Waals surface area contributed by atoms with Crippen molar-refractivity contribution in [1.82, 2.24) is 0 Å². The topological polar surface area (TPSA) is 26.3 Å². The molecule has 0 saturated heterocycles. The first kappa shape index (κ1) is 13.4.